The van der Waals surface area contributed by atoms with E-state index < -0.39 is 6.36 Å². The fourth-order valence-electron chi connectivity index (χ4n) is 1.22. The van der Waals surface area contributed by atoms with Crippen molar-refractivity contribution in [3.05, 3.63) is 47.6 Å². The van der Waals surface area contributed by atoms with E-state index in [1.807, 2.05) is 0 Å². The zero-order valence-electron chi connectivity index (χ0n) is 10.1. The number of halogens is 3. The second kappa shape index (κ2) is 7.49. The molecule has 1 aromatic rings. The normalized spacial score (nSPS) is 13.1. The van der Waals surface area contributed by atoms with Gasteiger partial charge in [0, 0.05) is 5.69 Å². The van der Waals surface area contributed by atoms with Gasteiger partial charge in [-0.3, -0.25) is 0 Å². The Morgan fingerprint density at radius 1 is 1.30 bits per heavy atom. The zero-order chi connectivity index (χ0) is 15.0. The number of alkyl halides is 3. The lowest BCUT2D eigenvalue weighted by Crippen LogP contribution is -2.17. The first kappa shape index (κ1) is 16.0. The molecule has 0 atom stereocenters. The Morgan fingerprint density at radius 3 is 2.45 bits per heavy atom. The van der Waals surface area contributed by atoms with Gasteiger partial charge in [-0.25, -0.2) is 4.99 Å². The number of nitrogens with two attached hydrogens (primary N) is 1. The number of anilines is 1. The summed E-state index contributed by atoms with van der Waals surface area (Å²) in [4.78, 5) is 3.85. The Balaban J connectivity index is 2.78. The Labute approximate surface area is 119 Å². The average Bonchev–Trinajstić information content (AvgIpc) is 2.37. The summed E-state index contributed by atoms with van der Waals surface area (Å²) < 4.78 is 39.8. The van der Waals surface area contributed by atoms with Crippen LogP contribution in [-0.2, 0) is 0 Å². The molecule has 0 aromatic heterocycles. The highest BCUT2D eigenvalue weighted by atomic mass is 32.1. The lowest BCUT2D eigenvalue weighted by atomic mass is 10.3. The van der Waals surface area contributed by atoms with E-state index in [4.69, 9.17) is 5.73 Å². The third-order valence-corrected chi connectivity index (χ3v) is 2.09. The number of ether oxygens (including phenoxy) is 1. The van der Waals surface area contributed by atoms with E-state index in [2.05, 4.69) is 27.7 Å². The van der Waals surface area contributed by atoms with E-state index in [0.717, 1.165) is 6.34 Å². The van der Waals surface area contributed by atoms with Gasteiger partial charge in [0.1, 0.15) is 11.6 Å². The molecule has 4 nitrogen and oxygen atoms in total. The van der Waals surface area contributed by atoms with Gasteiger partial charge in [-0.1, -0.05) is 6.08 Å². The van der Waals surface area contributed by atoms with E-state index in [1.165, 1.54) is 29.7 Å². The number of benzene rings is 1. The fourth-order valence-corrected chi connectivity index (χ4v) is 1.31. The molecule has 0 heterocycles. The van der Waals surface area contributed by atoms with Crippen LogP contribution in [0.3, 0.4) is 0 Å². The molecule has 0 bridgehead atoms. The van der Waals surface area contributed by atoms with E-state index in [1.54, 1.807) is 12.2 Å². The van der Waals surface area contributed by atoms with Crippen LogP contribution in [0.1, 0.15) is 0 Å². The van der Waals surface area contributed by atoms with E-state index in [0.29, 0.717) is 11.5 Å². The zero-order valence-corrected chi connectivity index (χ0v) is 11.0. The van der Waals surface area contributed by atoms with Gasteiger partial charge in [0.25, 0.3) is 0 Å². The third kappa shape index (κ3) is 6.19. The molecule has 0 aliphatic heterocycles. The minimum atomic E-state index is -4.71. The van der Waals surface area contributed by atoms with Crippen LogP contribution in [-0.4, -0.2) is 12.7 Å². The van der Waals surface area contributed by atoms with Crippen LogP contribution in [0.15, 0.2) is 52.6 Å². The molecule has 1 rings (SSSR count). The Kier molecular flexibility index (Phi) is 5.98. The molecule has 20 heavy (non-hydrogen) atoms. The first-order chi connectivity index (χ1) is 9.44. The lowest BCUT2D eigenvalue weighted by Gasteiger charge is -2.10. The minimum absolute atomic E-state index is 0.300. The molecule has 3 N–H and O–H groups in total. The van der Waals surface area contributed by atoms with Crippen molar-refractivity contribution < 1.29 is 17.9 Å². The molecule has 0 saturated carbocycles. The molecule has 0 radical (unpaired) electrons. The monoisotopic (exact) mass is 303 g/mol. The molecular formula is C12H12F3N3OS. The van der Waals surface area contributed by atoms with E-state index >= 15 is 0 Å². The van der Waals surface area contributed by atoms with E-state index in [9.17, 15) is 13.2 Å². The van der Waals surface area contributed by atoms with Gasteiger partial charge >= 0.3 is 6.36 Å². The number of nitrogens with zero attached hydrogens (tertiary/aromatic N) is 1. The fraction of sp³-hybridized carbons (Fsp3) is 0.0833. The van der Waals surface area contributed by atoms with Gasteiger partial charge in [-0.05, 0) is 35.7 Å². The van der Waals surface area contributed by atoms with Crippen LogP contribution < -0.4 is 15.8 Å². The SMILES string of the molecule is N\C=N/C(=C/C=C\S)Nc1ccc(OC(F)(F)F)cc1. The largest absolute Gasteiger partial charge is 0.573 e. The van der Waals surface area contributed by atoms with E-state index in [-0.39, 0.29) is 5.75 Å². The highest BCUT2D eigenvalue weighted by Gasteiger charge is 2.30. The molecule has 0 aliphatic rings. The molecule has 0 fully saturated rings. The molecule has 0 saturated heterocycles. The second-order valence-electron chi connectivity index (χ2n) is 3.37. The summed E-state index contributed by atoms with van der Waals surface area (Å²) in [6.45, 7) is 0. The number of thiol groups is 1. The summed E-state index contributed by atoms with van der Waals surface area (Å²) in [5.41, 5.74) is 5.72. The minimum Gasteiger partial charge on any atom is -0.406 e. The van der Waals surface area contributed by atoms with Crippen LogP contribution in [0, 0.1) is 0 Å². The van der Waals surface area contributed by atoms with Crippen LogP contribution in [0.2, 0.25) is 0 Å². The Bertz CT molecular complexity index is 510. The van der Waals surface area contributed by atoms with Crippen molar-refractivity contribution in [2.45, 2.75) is 6.36 Å². The van der Waals surface area contributed by atoms with Crippen LogP contribution >= 0.6 is 12.6 Å². The summed E-state index contributed by atoms with van der Waals surface area (Å²) >= 11 is 3.88. The number of hydrogen-bond donors (Lipinski definition) is 3. The van der Waals surface area contributed by atoms with Gasteiger partial charge in [0.15, 0.2) is 0 Å². The van der Waals surface area contributed by atoms with Gasteiger partial charge in [-0.15, -0.1) is 13.2 Å². The van der Waals surface area contributed by atoms with Crippen molar-refractivity contribution >= 4 is 24.7 Å². The smallest absolute Gasteiger partial charge is 0.406 e. The first-order valence-electron chi connectivity index (χ1n) is 5.33. The first-order valence-corrected chi connectivity index (χ1v) is 5.84. The topological polar surface area (TPSA) is 59.6 Å². The third-order valence-electron chi connectivity index (χ3n) is 1.91. The van der Waals surface area contributed by atoms with Gasteiger partial charge in [0.05, 0.1) is 6.34 Å². The standard InChI is InChI=1S/C12H12F3N3OS/c13-12(14,15)19-10-5-3-9(4-6-10)18-11(17-8-16)2-1-7-20/h1-8,18,20H,(H2,16,17)/b7-1-,11-2-. The Morgan fingerprint density at radius 2 is 1.95 bits per heavy atom. The molecule has 108 valence electrons. The molecule has 0 spiro atoms. The average molecular weight is 303 g/mol. The van der Waals surface area contributed by atoms with Gasteiger partial charge in [-0.2, -0.15) is 12.6 Å². The summed E-state index contributed by atoms with van der Waals surface area (Å²) in [7, 11) is 0. The quantitative estimate of drug-likeness (QED) is 0.339. The maximum atomic E-state index is 12.0. The summed E-state index contributed by atoms with van der Waals surface area (Å²) in [6.07, 6.45) is -0.413. The van der Waals surface area contributed by atoms with Gasteiger partial charge in [0.2, 0.25) is 0 Å². The molecule has 0 unspecified atom stereocenters. The van der Waals surface area contributed by atoms with Crippen LogP contribution in [0.25, 0.3) is 0 Å². The Hall–Kier alpha value is -2.09. The highest BCUT2D eigenvalue weighted by molar-refractivity contribution is 7.83. The summed E-state index contributed by atoms with van der Waals surface area (Å²) in [6, 6.07) is 5.22. The maximum Gasteiger partial charge on any atom is 0.573 e. The summed E-state index contributed by atoms with van der Waals surface area (Å²) in [5, 5.41) is 4.36. The van der Waals surface area contributed by atoms with Gasteiger partial charge < -0.3 is 15.8 Å². The van der Waals surface area contributed by atoms with Crippen molar-refractivity contribution in [1.29, 1.82) is 0 Å². The number of aliphatic imine (C=N–C) groups is 1. The molecule has 0 amide bonds. The van der Waals surface area contributed by atoms with Crippen molar-refractivity contribution in [1.82, 2.24) is 0 Å². The lowest BCUT2D eigenvalue weighted by molar-refractivity contribution is -0.274. The van der Waals surface area contributed by atoms with Crippen LogP contribution in [0.5, 0.6) is 5.75 Å². The number of hydrogen-bond acceptors (Lipinski definition) is 4. The molecule has 8 heteroatoms. The maximum absolute atomic E-state index is 12.0. The number of allylic oxidation sites excluding steroid dienone is 2. The highest BCUT2D eigenvalue weighted by Crippen LogP contribution is 2.24. The van der Waals surface area contributed by atoms with Crippen molar-refractivity contribution in [2.24, 2.45) is 10.7 Å². The van der Waals surface area contributed by atoms with Crippen molar-refractivity contribution in [2.75, 3.05) is 5.32 Å². The predicted molar refractivity (Wildman–Crippen MR) is 75.6 cm³/mol. The molecule has 0 aliphatic carbocycles. The van der Waals surface area contributed by atoms with Crippen molar-refractivity contribution in [3.8, 4) is 5.75 Å². The summed E-state index contributed by atoms with van der Waals surface area (Å²) in [5.74, 6) is 0.105. The molecule has 1 aromatic carbocycles. The predicted octanol–water partition coefficient (Wildman–Crippen LogP) is 3.27. The number of nitrogens with one attached hydrogen (secondary N) is 1. The second-order valence-corrected chi connectivity index (χ2v) is 3.67. The van der Waals surface area contributed by atoms with Crippen molar-refractivity contribution in [3.63, 3.8) is 0 Å². The van der Waals surface area contributed by atoms with Crippen LogP contribution in [0.4, 0.5) is 18.9 Å². The number of rotatable bonds is 5. The molecular weight excluding hydrogens is 291 g/mol.